The molecule has 2 N–H and O–H groups in total. The second-order valence-electron chi connectivity index (χ2n) is 7.06. The van der Waals surface area contributed by atoms with Crippen LogP contribution in [0, 0.1) is 11.3 Å². The number of ether oxygens (including phenoxy) is 1. The predicted octanol–water partition coefficient (Wildman–Crippen LogP) is 0.593. The Bertz CT molecular complexity index is 526. The maximum absolute atomic E-state index is 12.5. The highest BCUT2D eigenvalue weighted by molar-refractivity contribution is 5.93. The van der Waals surface area contributed by atoms with Crippen LogP contribution in [0.5, 0.6) is 0 Å². The standard InChI is InChI=1S/C17H28N4O3/c1-24-9-8-20-5-2-17(3-6-20)4-7-21(12-15(17)13-22)16(23)14-10-18-19-11-14/h10-11,15,22H,2-9,12-13H2,1H3,(H,18,19). The molecule has 1 atom stereocenters. The minimum absolute atomic E-state index is 0.00887. The summed E-state index contributed by atoms with van der Waals surface area (Å²) in [6, 6.07) is 0. The van der Waals surface area contributed by atoms with E-state index >= 15 is 0 Å². The molecule has 7 nitrogen and oxygen atoms in total. The molecule has 2 saturated heterocycles. The van der Waals surface area contributed by atoms with Crippen molar-refractivity contribution in [2.75, 3.05) is 53.0 Å². The van der Waals surface area contributed by atoms with E-state index in [2.05, 4.69) is 15.1 Å². The average molecular weight is 336 g/mol. The summed E-state index contributed by atoms with van der Waals surface area (Å²) >= 11 is 0. The molecule has 3 heterocycles. The lowest BCUT2D eigenvalue weighted by molar-refractivity contribution is -0.0376. The molecule has 134 valence electrons. The third kappa shape index (κ3) is 3.48. The fraction of sp³-hybridized carbons (Fsp3) is 0.765. The van der Waals surface area contributed by atoms with Gasteiger partial charge in [-0.3, -0.25) is 9.89 Å². The number of aliphatic hydroxyl groups is 1. The summed E-state index contributed by atoms with van der Waals surface area (Å²) in [4.78, 5) is 16.8. The summed E-state index contributed by atoms with van der Waals surface area (Å²) < 4.78 is 5.17. The van der Waals surface area contributed by atoms with E-state index < -0.39 is 0 Å². The number of methoxy groups -OCH3 is 1. The van der Waals surface area contributed by atoms with Crippen molar-refractivity contribution in [3.05, 3.63) is 18.0 Å². The number of nitrogens with zero attached hydrogens (tertiary/aromatic N) is 3. The van der Waals surface area contributed by atoms with Crippen molar-refractivity contribution in [1.29, 1.82) is 0 Å². The fourth-order valence-electron chi connectivity index (χ4n) is 4.20. The van der Waals surface area contributed by atoms with E-state index in [1.54, 1.807) is 19.5 Å². The van der Waals surface area contributed by atoms with Gasteiger partial charge >= 0.3 is 0 Å². The average Bonchev–Trinajstić information content (AvgIpc) is 3.16. The molecule has 0 aliphatic carbocycles. The van der Waals surface area contributed by atoms with Crippen LogP contribution in [0.2, 0.25) is 0 Å². The van der Waals surface area contributed by atoms with Gasteiger partial charge in [-0.05, 0) is 37.8 Å². The smallest absolute Gasteiger partial charge is 0.257 e. The molecule has 2 aliphatic rings. The van der Waals surface area contributed by atoms with Crippen molar-refractivity contribution in [2.24, 2.45) is 11.3 Å². The number of aliphatic hydroxyl groups excluding tert-OH is 1. The van der Waals surface area contributed by atoms with Crippen molar-refractivity contribution < 1.29 is 14.6 Å². The Hall–Kier alpha value is -1.44. The van der Waals surface area contributed by atoms with Crippen LogP contribution < -0.4 is 0 Å². The van der Waals surface area contributed by atoms with Crippen molar-refractivity contribution in [1.82, 2.24) is 20.0 Å². The molecule has 1 spiro atoms. The van der Waals surface area contributed by atoms with Crippen LogP contribution in [-0.4, -0.2) is 84.1 Å². The van der Waals surface area contributed by atoms with E-state index in [4.69, 9.17) is 4.74 Å². The lowest BCUT2D eigenvalue weighted by Gasteiger charge is -2.51. The minimum atomic E-state index is 0.00887. The molecular formula is C17H28N4O3. The third-order valence-corrected chi connectivity index (χ3v) is 5.90. The van der Waals surface area contributed by atoms with Crippen LogP contribution in [0.4, 0.5) is 0 Å². The van der Waals surface area contributed by atoms with Gasteiger partial charge in [0.2, 0.25) is 0 Å². The van der Waals surface area contributed by atoms with Crippen LogP contribution in [-0.2, 0) is 4.74 Å². The van der Waals surface area contributed by atoms with Gasteiger partial charge in [-0.15, -0.1) is 0 Å². The van der Waals surface area contributed by atoms with E-state index in [1.807, 2.05) is 4.90 Å². The Labute approximate surface area is 143 Å². The van der Waals surface area contributed by atoms with Crippen molar-refractivity contribution in [2.45, 2.75) is 19.3 Å². The molecule has 1 amide bonds. The summed E-state index contributed by atoms with van der Waals surface area (Å²) in [5.74, 6) is 0.168. The van der Waals surface area contributed by atoms with Gasteiger partial charge in [0.25, 0.3) is 5.91 Å². The van der Waals surface area contributed by atoms with Gasteiger partial charge in [0.1, 0.15) is 0 Å². The topological polar surface area (TPSA) is 81.7 Å². The number of piperidine rings is 2. The molecule has 0 radical (unpaired) electrons. The van der Waals surface area contributed by atoms with Crippen LogP contribution in [0.15, 0.2) is 12.4 Å². The number of rotatable bonds is 5. The largest absolute Gasteiger partial charge is 0.396 e. The van der Waals surface area contributed by atoms with E-state index in [0.29, 0.717) is 12.1 Å². The SMILES string of the molecule is COCCN1CCC2(CC1)CCN(C(=O)c1cn[nH]c1)CC2CO. The van der Waals surface area contributed by atoms with Crippen molar-refractivity contribution >= 4 is 5.91 Å². The van der Waals surface area contributed by atoms with Crippen LogP contribution in [0.1, 0.15) is 29.6 Å². The quantitative estimate of drug-likeness (QED) is 0.823. The first-order chi connectivity index (χ1) is 11.7. The molecule has 1 aromatic heterocycles. The highest BCUT2D eigenvalue weighted by atomic mass is 16.5. The number of carbonyl (C=O) groups excluding carboxylic acids is 1. The monoisotopic (exact) mass is 336 g/mol. The summed E-state index contributed by atoms with van der Waals surface area (Å²) in [7, 11) is 1.74. The second kappa shape index (κ2) is 7.63. The fourth-order valence-corrected chi connectivity index (χ4v) is 4.20. The van der Waals surface area contributed by atoms with Gasteiger partial charge in [-0.1, -0.05) is 0 Å². The van der Waals surface area contributed by atoms with Gasteiger partial charge in [-0.25, -0.2) is 0 Å². The number of carbonyl (C=O) groups is 1. The number of nitrogens with one attached hydrogen (secondary N) is 1. The lowest BCUT2D eigenvalue weighted by Crippen LogP contribution is -2.54. The van der Waals surface area contributed by atoms with Crippen LogP contribution in [0.25, 0.3) is 0 Å². The van der Waals surface area contributed by atoms with Gasteiger partial charge in [0.15, 0.2) is 0 Å². The number of likely N-dealkylation sites (tertiary alicyclic amines) is 2. The Morgan fingerprint density at radius 3 is 2.79 bits per heavy atom. The van der Waals surface area contributed by atoms with Gasteiger partial charge in [-0.2, -0.15) is 5.10 Å². The minimum Gasteiger partial charge on any atom is -0.396 e. The molecule has 1 unspecified atom stereocenters. The Kier molecular flexibility index (Phi) is 5.53. The van der Waals surface area contributed by atoms with Crippen molar-refractivity contribution in [3.63, 3.8) is 0 Å². The summed E-state index contributed by atoms with van der Waals surface area (Å²) in [5.41, 5.74) is 0.767. The molecule has 2 aliphatic heterocycles. The first-order valence-corrected chi connectivity index (χ1v) is 8.79. The zero-order valence-corrected chi connectivity index (χ0v) is 14.4. The van der Waals surface area contributed by atoms with Gasteiger partial charge < -0.3 is 19.6 Å². The highest BCUT2D eigenvalue weighted by Crippen LogP contribution is 2.45. The summed E-state index contributed by atoms with van der Waals surface area (Å²) in [6.07, 6.45) is 6.36. The molecular weight excluding hydrogens is 308 g/mol. The van der Waals surface area contributed by atoms with E-state index in [-0.39, 0.29) is 23.8 Å². The van der Waals surface area contributed by atoms with Gasteiger partial charge in [0, 0.05) is 45.5 Å². The molecule has 2 fully saturated rings. The molecule has 7 heteroatoms. The maximum Gasteiger partial charge on any atom is 0.257 e. The van der Waals surface area contributed by atoms with Crippen LogP contribution in [0.3, 0.4) is 0 Å². The zero-order valence-electron chi connectivity index (χ0n) is 14.4. The number of hydrogen-bond donors (Lipinski definition) is 2. The molecule has 0 saturated carbocycles. The van der Waals surface area contributed by atoms with E-state index in [9.17, 15) is 9.90 Å². The molecule has 0 bridgehead atoms. The number of H-pyrrole nitrogens is 1. The summed E-state index contributed by atoms with van der Waals surface area (Å²) in [5, 5.41) is 16.5. The molecule has 24 heavy (non-hydrogen) atoms. The normalized spacial score (nSPS) is 24.4. The lowest BCUT2D eigenvalue weighted by atomic mass is 9.64. The number of hydrogen-bond acceptors (Lipinski definition) is 5. The third-order valence-electron chi connectivity index (χ3n) is 5.90. The number of aromatic nitrogens is 2. The Balaban J connectivity index is 1.60. The molecule has 1 aromatic rings. The molecule has 3 rings (SSSR count). The first kappa shape index (κ1) is 17.4. The molecule has 0 aromatic carbocycles. The van der Waals surface area contributed by atoms with Crippen LogP contribution >= 0.6 is 0 Å². The predicted molar refractivity (Wildman–Crippen MR) is 89.7 cm³/mol. The Morgan fingerprint density at radius 2 is 2.17 bits per heavy atom. The van der Waals surface area contributed by atoms with Crippen molar-refractivity contribution in [3.8, 4) is 0 Å². The second-order valence-corrected chi connectivity index (χ2v) is 7.06. The zero-order chi connectivity index (χ0) is 17.0. The number of amides is 1. The van der Waals surface area contributed by atoms with E-state index in [1.165, 1.54) is 0 Å². The van der Waals surface area contributed by atoms with E-state index in [0.717, 1.165) is 52.0 Å². The number of aromatic amines is 1. The highest BCUT2D eigenvalue weighted by Gasteiger charge is 2.45. The first-order valence-electron chi connectivity index (χ1n) is 8.79. The summed E-state index contributed by atoms with van der Waals surface area (Å²) in [6.45, 7) is 5.39. The Morgan fingerprint density at radius 1 is 1.42 bits per heavy atom. The van der Waals surface area contributed by atoms with Gasteiger partial charge in [0.05, 0.1) is 18.4 Å². The maximum atomic E-state index is 12.5.